The minimum Gasteiger partial charge on any atom is -0.327 e. The zero-order valence-corrected chi connectivity index (χ0v) is 29.0. The van der Waals surface area contributed by atoms with Gasteiger partial charge in [0.25, 0.3) is 0 Å². The van der Waals surface area contributed by atoms with Crippen molar-refractivity contribution in [1.82, 2.24) is 0 Å². The van der Waals surface area contributed by atoms with Crippen molar-refractivity contribution in [1.29, 1.82) is 0 Å². The van der Waals surface area contributed by atoms with Crippen LogP contribution in [0.3, 0.4) is 0 Å². The summed E-state index contributed by atoms with van der Waals surface area (Å²) < 4.78 is 0. The van der Waals surface area contributed by atoms with E-state index in [4.69, 9.17) is 5.73 Å². The van der Waals surface area contributed by atoms with E-state index in [1.807, 2.05) is 0 Å². The van der Waals surface area contributed by atoms with E-state index in [1.165, 1.54) is 212 Å². The lowest BCUT2D eigenvalue weighted by atomic mass is 9.72. The molecule has 0 aromatic rings. The van der Waals surface area contributed by atoms with Crippen LogP contribution in [0, 0.1) is 5.41 Å². The quantitative estimate of drug-likeness (QED) is 0.0774. The maximum absolute atomic E-state index is 6.97. The van der Waals surface area contributed by atoms with E-state index < -0.39 is 0 Å². The Kier molecular flexibility index (Phi) is 31.9. The Morgan fingerprint density at radius 3 is 0.850 bits per heavy atom. The van der Waals surface area contributed by atoms with Gasteiger partial charge >= 0.3 is 0 Å². The molecule has 0 spiro atoms. The molecule has 242 valence electrons. The molecule has 0 amide bonds. The monoisotopic (exact) mass is 564 g/mol. The van der Waals surface area contributed by atoms with Gasteiger partial charge in [-0.25, -0.2) is 0 Å². The predicted octanol–water partition coefficient (Wildman–Crippen LogP) is 14.3. The zero-order chi connectivity index (χ0) is 29.4. The molecular weight excluding hydrogens is 482 g/mol. The first-order chi connectivity index (χ1) is 19.6. The molecule has 2 N–H and O–H groups in total. The van der Waals surface area contributed by atoms with Gasteiger partial charge in [0.15, 0.2) is 0 Å². The Labute approximate surface area is 256 Å². The highest BCUT2D eigenvalue weighted by molar-refractivity contribution is 4.85. The zero-order valence-electron chi connectivity index (χ0n) is 29.0. The van der Waals surface area contributed by atoms with E-state index in [0.717, 1.165) is 0 Å². The third-order valence-corrected chi connectivity index (χ3v) is 9.97. The van der Waals surface area contributed by atoms with Gasteiger partial charge in [0.1, 0.15) is 0 Å². The molecule has 0 fully saturated rings. The molecule has 0 aliphatic heterocycles. The Morgan fingerprint density at radius 2 is 0.575 bits per heavy atom. The molecule has 0 saturated carbocycles. The lowest BCUT2D eigenvalue weighted by Crippen LogP contribution is -2.39. The number of rotatable bonds is 34. The van der Waals surface area contributed by atoms with Gasteiger partial charge in [0, 0.05) is 6.04 Å². The molecule has 0 aliphatic rings. The minimum atomic E-state index is 0.362. The molecule has 40 heavy (non-hydrogen) atoms. The molecule has 1 heteroatoms. The van der Waals surface area contributed by atoms with Crippen LogP contribution in [0.1, 0.15) is 240 Å². The summed E-state index contributed by atoms with van der Waals surface area (Å²) in [4.78, 5) is 0. The highest BCUT2D eigenvalue weighted by Crippen LogP contribution is 2.36. The number of hydrogen-bond donors (Lipinski definition) is 1. The third-order valence-electron chi connectivity index (χ3n) is 9.97. The summed E-state index contributed by atoms with van der Waals surface area (Å²) in [7, 11) is 0. The van der Waals surface area contributed by atoms with Crippen molar-refractivity contribution in [2.75, 3.05) is 0 Å². The van der Waals surface area contributed by atoms with Crippen molar-refractivity contribution in [2.24, 2.45) is 11.1 Å². The molecule has 0 rings (SSSR count). The van der Waals surface area contributed by atoms with Gasteiger partial charge in [0.2, 0.25) is 0 Å². The van der Waals surface area contributed by atoms with E-state index in [1.54, 1.807) is 0 Å². The molecule has 1 unspecified atom stereocenters. The summed E-state index contributed by atoms with van der Waals surface area (Å²) in [5.74, 6) is 0. The van der Waals surface area contributed by atoms with Crippen LogP contribution in [0.15, 0.2) is 0 Å². The first kappa shape index (κ1) is 40.0. The normalized spacial score (nSPS) is 12.8. The van der Waals surface area contributed by atoms with Crippen LogP contribution >= 0.6 is 0 Å². The fourth-order valence-electron chi connectivity index (χ4n) is 6.73. The predicted molar refractivity (Wildman–Crippen MR) is 185 cm³/mol. The molecular formula is C39H81N. The highest BCUT2D eigenvalue weighted by atomic mass is 14.7. The van der Waals surface area contributed by atoms with Crippen molar-refractivity contribution in [3.63, 3.8) is 0 Å². The maximum atomic E-state index is 6.97. The Bertz CT molecular complexity index is 430. The fourth-order valence-corrected chi connectivity index (χ4v) is 6.73. The first-order valence-electron chi connectivity index (χ1n) is 19.4. The third kappa shape index (κ3) is 26.8. The average Bonchev–Trinajstić information content (AvgIpc) is 2.96. The smallest absolute Gasteiger partial charge is 0.00929 e. The summed E-state index contributed by atoms with van der Waals surface area (Å²) in [6, 6.07) is 0.402. The SMILES string of the molecule is CCCCCCCCCCCCCCC(C)(CCCCCCCCCCCCCC)C(N)CCCCCCCC. The Morgan fingerprint density at radius 1 is 0.350 bits per heavy atom. The van der Waals surface area contributed by atoms with Crippen molar-refractivity contribution in [2.45, 2.75) is 246 Å². The lowest BCUT2D eigenvalue weighted by Gasteiger charge is -2.36. The summed E-state index contributed by atoms with van der Waals surface area (Å²) in [5, 5.41) is 0. The van der Waals surface area contributed by atoms with E-state index in [0.29, 0.717) is 11.5 Å². The van der Waals surface area contributed by atoms with Crippen molar-refractivity contribution in [3.05, 3.63) is 0 Å². The maximum Gasteiger partial charge on any atom is 0.00929 e. The first-order valence-corrected chi connectivity index (χ1v) is 19.4. The second-order valence-electron chi connectivity index (χ2n) is 14.1. The summed E-state index contributed by atoms with van der Waals surface area (Å²) >= 11 is 0. The van der Waals surface area contributed by atoms with Crippen LogP contribution in [-0.4, -0.2) is 6.04 Å². The molecule has 1 atom stereocenters. The van der Waals surface area contributed by atoms with Gasteiger partial charge < -0.3 is 5.73 Å². The van der Waals surface area contributed by atoms with Crippen LogP contribution in [0.2, 0.25) is 0 Å². The van der Waals surface area contributed by atoms with Crippen molar-refractivity contribution in [3.8, 4) is 0 Å². The van der Waals surface area contributed by atoms with Crippen LogP contribution < -0.4 is 5.73 Å². The van der Waals surface area contributed by atoms with Gasteiger partial charge in [-0.3, -0.25) is 0 Å². The Balaban J connectivity index is 4.15. The summed E-state index contributed by atoms with van der Waals surface area (Å²) in [6.07, 6.45) is 46.9. The summed E-state index contributed by atoms with van der Waals surface area (Å²) in [6.45, 7) is 9.49. The van der Waals surface area contributed by atoms with E-state index in [-0.39, 0.29) is 0 Å². The second-order valence-corrected chi connectivity index (χ2v) is 14.1. The van der Waals surface area contributed by atoms with Crippen molar-refractivity contribution >= 4 is 0 Å². The van der Waals surface area contributed by atoms with Gasteiger partial charge in [-0.15, -0.1) is 0 Å². The molecule has 0 heterocycles. The standard InChI is InChI=1S/C39H81N/c1-5-8-11-14-17-19-21-23-25-27-30-33-36-39(4,38(40)35-32-29-16-13-10-7-3)37-34-31-28-26-24-22-20-18-15-12-9-6-2/h38H,5-37,40H2,1-4H3. The average molecular weight is 564 g/mol. The molecule has 1 nitrogen and oxygen atoms in total. The van der Waals surface area contributed by atoms with Gasteiger partial charge in [0.05, 0.1) is 0 Å². The number of nitrogens with two attached hydrogens (primary N) is 1. The largest absolute Gasteiger partial charge is 0.327 e. The van der Waals surface area contributed by atoms with Crippen LogP contribution in [0.4, 0.5) is 0 Å². The van der Waals surface area contributed by atoms with E-state index in [2.05, 4.69) is 27.7 Å². The number of unbranched alkanes of at least 4 members (excludes halogenated alkanes) is 27. The molecule has 0 aromatic carbocycles. The van der Waals surface area contributed by atoms with Crippen LogP contribution in [-0.2, 0) is 0 Å². The lowest BCUT2D eigenvalue weighted by molar-refractivity contribution is 0.186. The van der Waals surface area contributed by atoms with Gasteiger partial charge in [-0.05, 0) is 24.7 Å². The van der Waals surface area contributed by atoms with Crippen molar-refractivity contribution < 1.29 is 0 Å². The van der Waals surface area contributed by atoms with Crippen LogP contribution in [0.25, 0.3) is 0 Å². The van der Waals surface area contributed by atoms with Gasteiger partial charge in [-0.1, -0.05) is 220 Å². The van der Waals surface area contributed by atoms with Crippen LogP contribution in [0.5, 0.6) is 0 Å². The molecule has 0 radical (unpaired) electrons. The van der Waals surface area contributed by atoms with E-state index >= 15 is 0 Å². The molecule has 0 aromatic heterocycles. The fraction of sp³-hybridized carbons (Fsp3) is 1.00. The molecule has 0 aliphatic carbocycles. The molecule has 0 saturated heterocycles. The topological polar surface area (TPSA) is 26.0 Å². The minimum absolute atomic E-state index is 0.362. The Hall–Kier alpha value is -0.0400. The molecule has 0 bridgehead atoms. The second kappa shape index (κ2) is 31.9. The summed E-state index contributed by atoms with van der Waals surface area (Å²) in [5.41, 5.74) is 7.33. The van der Waals surface area contributed by atoms with E-state index in [9.17, 15) is 0 Å². The number of hydrogen-bond acceptors (Lipinski definition) is 1. The highest BCUT2D eigenvalue weighted by Gasteiger charge is 2.30. The van der Waals surface area contributed by atoms with Gasteiger partial charge in [-0.2, -0.15) is 0 Å².